The molecule has 4 heterocycles. The number of morpholine rings is 1. The Hall–Kier alpha value is -1.87. The third-order valence-corrected chi connectivity index (χ3v) is 4.94. The molecule has 4 rings (SSSR count). The van der Waals surface area contributed by atoms with Crippen LogP contribution in [-0.4, -0.2) is 58.0 Å². The van der Waals surface area contributed by atoms with Crippen LogP contribution in [0.2, 0.25) is 5.02 Å². The highest BCUT2D eigenvalue weighted by molar-refractivity contribution is 7.96. The first-order valence-electron chi connectivity index (χ1n) is 8.33. The minimum absolute atomic E-state index is 0.143. The summed E-state index contributed by atoms with van der Waals surface area (Å²) in [4.78, 5) is 15.8. The minimum Gasteiger partial charge on any atom is -0.373 e. The topological polar surface area (TPSA) is 67.6 Å². The normalized spacial score (nSPS) is 17.8. The molecule has 1 fully saturated rings. The SMILES string of the molecule is CSNCC1CN(c2ccnc(-c3cnc4ccc(Cl)cn34)n2)CCO1. The molecule has 1 aliphatic rings. The van der Waals surface area contributed by atoms with Crippen LogP contribution in [0.5, 0.6) is 0 Å². The summed E-state index contributed by atoms with van der Waals surface area (Å²) in [5.41, 5.74) is 1.63. The lowest BCUT2D eigenvalue weighted by Gasteiger charge is -2.33. The van der Waals surface area contributed by atoms with Gasteiger partial charge >= 0.3 is 0 Å². The molecule has 0 bridgehead atoms. The zero-order valence-corrected chi connectivity index (χ0v) is 15.9. The largest absolute Gasteiger partial charge is 0.373 e. The van der Waals surface area contributed by atoms with Crippen molar-refractivity contribution in [2.24, 2.45) is 0 Å². The smallest absolute Gasteiger partial charge is 0.180 e. The van der Waals surface area contributed by atoms with Crippen molar-refractivity contribution >= 4 is 35.0 Å². The molecule has 26 heavy (non-hydrogen) atoms. The summed E-state index contributed by atoms with van der Waals surface area (Å²) in [5.74, 6) is 1.52. The van der Waals surface area contributed by atoms with Crippen molar-refractivity contribution in [2.75, 3.05) is 37.4 Å². The standard InChI is InChI=1S/C17H19ClN6OS/c1-26-21-8-13-11-23(6-7-25-13)16-4-5-19-17(22-16)14-9-20-15-3-2-12(18)10-24(14)15/h2-5,9-10,13,21H,6-8,11H2,1H3. The lowest BCUT2D eigenvalue weighted by Crippen LogP contribution is -2.46. The second-order valence-electron chi connectivity index (χ2n) is 5.95. The molecule has 0 aliphatic carbocycles. The third kappa shape index (κ3) is 3.64. The maximum atomic E-state index is 6.13. The van der Waals surface area contributed by atoms with Gasteiger partial charge in [-0.05, 0) is 24.5 Å². The van der Waals surface area contributed by atoms with E-state index in [9.17, 15) is 0 Å². The minimum atomic E-state index is 0.143. The van der Waals surface area contributed by atoms with Crippen molar-refractivity contribution in [1.29, 1.82) is 0 Å². The first-order chi connectivity index (χ1) is 12.7. The van der Waals surface area contributed by atoms with Crippen LogP contribution in [0.25, 0.3) is 17.2 Å². The van der Waals surface area contributed by atoms with E-state index in [1.807, 2.05) is 35.1 Å². The molecular weight excluding hydrogens is 372 g/mol. The van der Waals surface area contributed by atoms with Gasteiger partial charge in [0.1, 0.15) is 17.2 Å². The van der Waals surface area contributed by atoms with E-state index in [-0.39, 0.29) is 6.10 Å². The molecule has 9 heteroatoms. The third-order valence-electron chi connectivity index (χ3n) is 4.26. The lowest BCUT2D eigenvalue weighted by atomic mass is 10.2. The predicted octanol–water partition coefficient (Wildman–Crippen LogP) is 2.52. The number of ether oxygens (including phenoxy) is 1. The number of imidazole rings is 1. The van der Waals surface area contributed by atoms with E-state index in [2.05, 4.69) is 19.6 Å². The highest BCUT2D eigenvalue weighted by Gasteiger charge is 2.22. The Bertz CT molecular complexity index is 904. The van der Waals surface area contributed by atoms with Gasteiger partial charge in [-0.25, -0.2) is 15.0 Å². The van der Waals surface area contributed by atoms with Crippen LogP contribution >= 0.6 is 23.5 Å². The van der Waals surface area contributed by atoms with Crippen LogP contribution in [0.4, 0.5) is 5.82 Å². The van der Waals surface area contributed by atoms with Gasteiger partial charge in [0.15, 0.2) is 5.82 Å². The molecule has 1 atom stereocenters. The molecule has 136 valence electrons. The van der Waals surface area contributed by atoms with Crippen molar-refractivity contribution in [3.05, 3.63) is 41.8 Å². The highest BCUT2D eigenvalue weighted by Crippen LogP contribution is 2.22. The Morgan fingerprint density at radius 1 is 1.35 bits per heavy atom. The van der Waals surface area contributed by atoms with E-state index in [4.69, 9.17) is 21.3 Å². The van der Waals surface area contributed by atoms with Crippen LogP contribution in [0, 0.1) is 0 Å². The van der Waals surface area contributed by atoms with Crippen molar-refractivity contribution in [1.82, 2.24) is 24.1 Å². The van der Waals surface area contributed by atoms with Gasteiger partial charge in [0.2, 0.25) is 0 Å². The number of nitrogens with one attached hydrogen (secondary N) is 1. The second kappa shape index (κ2) is 7.79. The number of anilines is 1. The maximum absolute atomic E-state index is 6.13. The number of aromatic nitrogens is 4. The van der Waals surface area contributed by atoms with Crippen molar-refractivity contribution < 1.29 is 4.74 Å². The molecule has 3 aromatic rings. The molecule has 1 saturated heterocycles. The molecule has 0 saturated carbocycles. The summed E-state index contributed by atoms with van der Waals surface area (Å²) in [6, 6.07) is 5.63. The van der Waals surface area contributed by atoms with Gasteiger partial charge in [0, 0.05) is 32.0 Å². The van der Waals surface area contributed by atoms with Crippen LogP contribution in [-0.2, 0) is 4.74 Å². The van der Waals surface area contributed by atoms with Gasteiger partial charge in [-0.1, -0.05) is 23.5 Å². The van der Waals surface area contributed by atoms with E-state index in [1.54, 1.807) is 24.3 Å². The van der Waals surface area contributed by atoms with Crippen molar-refractivity contribution in [3.63, 3.8) is 0 Å². The van der Waals surface area contributed by atoms with Crippen LogP contribution in [0.1, 0.15) is 0 Å². The first-order valence-corrected chi connectivity index (χ1v) is 9.93. The number of rotatable bonds is 5. The summed E-state index contributed by atoms with van der Waals surface area (Å²) in [6.07, 6.45) is 7.54. The first kappa shape index (κ1) is 17.5. The van der Waals surface area contributed by atoms with E-state index in [0.29, 0.717) is 17.5 Å². The number of fused-ring (bicyclic) bond motifs is 1. The molecule has 0 aromatic carbocycles. The maximum Gasteiger partial charge on any atom is 0.180 e. The average molecular weight is 391 g/mol. The van der Waals surface area contributed by atoms with Gasteiger partial charge in [-0.3, -0.25) is 9.12 Å². The van der Waals surface area contributed by atoms with Gasteiger partial charge in [-0.15, -0.1) is 0 Å². The Kier molecular flexibility index (Phi) is 5.26. The summed E-state index contributed by atoms with van der Waals surface area (Å²) in [6.45, 7) is 3.10. The highest BCUT2D eigenvalue weighted by atomic mass is 35.5. The summed E-state index contributed by atoms with van der Waals surface area (Å²) >= 11 is 7.73. The van der Waals surface area contributed by atoms with Gasteiger partial charge in [0.25, 0.3) is 0 Å². The number of hydrogen-bond acceptors (Lipinski definition) is 7. The Labute approximate surface area is 160 Å². The Morgan fingerprint density at radius 3 is 3.15 bits per heavy atom. The van der Waals surface area contributed by atoms with E-state index in [1.165, 1.54) is 0 Å². The van der Waals surface area contributed by atoms with E-state index in [0.717, 1.165) is 36.8 Å². The summed E-state index contributed by atoms with van der Waals surface area (Å²) in [7, 11) is 0. The zero-order chi connectivity index (χ0) is 17.9. The molecule has 1 unspecified atom stereocenters. The summed E-state index contributed by atoms with van der Waals surface area (Å²) in [5, 5.41) is 0.644. The Balaban J connectivity index is 1.61. The van der Waals surface area contributed by atoms with Crippen LogP contribution in [0.15, 0.2) is 36.8 Å². The van der Waals surface area contributed by atoms with Gasteiger partial charge in [0.05, 0.1) is 23.9 Å². The molecule has 7 nitrogen and oxygen atoms in total. The van der Waals surface area contributed by atoms with Crippen LogP contribution < -0.4 is 9.62 Å². The quantitative estimate of drug-likeness (QED) is 0.671. The van der Waals surface area contributed by atoms with Crippen molar-refractivity contribution in [3.8, 4) is 11.5 Å². The fourth-order valence-electron chi connectivity index (χ4n) is 3.00. The molecule has 1 aliphatic heterocycles. The summed E-state index contributed by atoms with van der Waals surface area (Å²) < 4.78 is 11.0. The molecule has 1 N–H and O–H groups in total. The lowest BCUT2D eigenvalue weighted by molar-refractivity contribution is 0.0444. The molecular formula is C17H19ClN6OS. The number of hydrogen-bond donors (Lipinski definition) is 1. The fraction of sp³-hybridized carbons (Fsp3) is 0.353. The molecule has 0 radical (unpaired) electrons. The molecule has 0 spiro atoms. The number of pyridine rings is 1. The van der Waals surface area contributed by atoms with Crippen LogP contribution in [0.3, 0.4) is 0 Å². The molecule has 3 aromatic heterocycles. The average Bonchev–Trinajstić information content (AvgIpc) is 3.10. The number of halogens is 1. The predicted molar refractivity (Wildman–Crippen MR) is 105 cm³/mol. The Morgan fingerprint density at radius 2 is 2.27 bits per heavy atom. The van der Waals surface area contributed by atoms with Gasteiger partial charge in [-0.2, -0.15) is 0 Å². The zero-order valence-electron chi connectivity index (χ0n) is 14.3. The number of nitrogens with zero attached hydrogens (tertiary/aromatic N) is 5. The van der Waals surface area contributed by atoms with E-state index < -0.39 is 0 Å². The second-order valence-corrected chi connectivity index (χ2v) is 7.08. The van der Waals surface area contributed by atoms with Gasteiger partial charge < -0.3 is 9.64 Å². The fourth-order valence-corrected chi connectivity index (χ4v) is 3.51. The monoisotopic (exact) mass is 390 g/mol. The molecule has 0 amide bonds. The van der Waals surface area contributed by atoms with Crippen molar-refractivity contribution in [2.45, 2.75) is 6.10 Å². The van der Waals surface area contributed by atoms with E-state index >= 15 is 0 Å².